The molecule has 0 aliphatic heterocycles. The van der Waals surface area contributed by atoms with Gasteiger partial charge in [0.15, 0.2) is 0 Å². The Bertz CT molecular complexity index is 138. The Balaban J connectivity index is 3.77. The molecule has 1 N–H and O–H groups in total. The molecule has 0 saturated heterocycles. The molecule has 0 rings (SSSR count). The van der Waals surface area contributed by atoms with E-state index in [1.165, 1.54) is 0 Å². The number of carbonyl (C=O) groups is 1. The van der Waals surface area contributed by atoms with Gasteiger partial charge in [-0.1, -0.05) is 32.4 Å². The molecule has 0 aliphatic carbocycles. The van der Waals surface area contributed by atoms with Crippen molar-refractivity contribution in [1.82, 2.24) is 0 Å². The molecule has 0 aromatic rings. The number of hydrogen-bond acceptors (Lipinski definition) is 1. The molecule has 1 atom stereocenters. The van der Waals surface area contributed by atoms with Gasteiger partial charge >= 0.3 is 5.97 Å². The minimum Gasteiger partial charge on any atom is -0.481 e. The lowest BCUT2D eigenvalue weighted by Gasteiger charge is -2.01. The van der Waals surface area contributed by atoms with Crippen LogP contribution < -0.4 is 0 Å². The first-order valence-corrected chi connectivity index (χ1v) is 4.11. The summed E-state index contributed by atoms with van der Waals surface area (Å²) in [6, 6.07) is 0. The first-order valence-electron chi connectivity index (χ1n) is 4.11. The van der Waals surface area contributed by atoms with Crippen LogP contribution in [0.3, 0.4) is 0 Å². The van der Waals surface area contributed by atoms with Gasteiger partial charge in [-0.05, 0) is 12.8 Å². The maximum absolute atomic E-state index is 10.5. The zero-order valence-electron chi connectivity index (χ0n) is 7.21. The van der Waals surface area contributed by atoms with E-state index in [1.807, 2.05) is 13.0 Å². The van der Waals surface area contributed by atoms with Gasteiger partial charge in [-0.2, -0.15) is 0 Å². The number of aliphatic carboxylic acids is 1. The number of hydrogen-bond donors (Lipinski definition) is 1. The zero-order chi connectivity index (χ0) is 8.69. The monoisotopic (exact) mass is 156 g/mol. The fraction of sp³-hybridized carbons (Fsp3) is 0.667. The molecule has 11 heavy (non-hydrogen) atoms. The van der Waals surface area contributed by atoms with Crippen LogP contribution in [0.25, 0.3) is 0 Å². The summed E-state index contributed by atoms with van der Waals surface area (Å²) in [5, 5.41) is 8.62. The Hall–Kier alpha value is -0.790. The number of carboxylic acids is 1. The van der Waals surface area contributed by atoms with E-state index in [0.29, 0.717) is 6.42 Å². The predicted molar refractivity (Wildman–Crippen MR) is 45.5 cm³/mol. The second-order valence-corrected chi connectivity index (χ2v) is 2.57. The molecule has 0 aromatic carbocycles. The van der Waals surface area contributed by atoms with Crippen LogP contribution in [0, 0.1) is 5.92 Å². The molecule has 1 unspecified atom stereocenters. The topological polar surface area (TPSA) is 37.3 Å². The van der Waals surface area contributed by atoms with E-state index in [4.69, 9.17) is 5.11 Å². The van der Waals surface area contributed by atoms with E-state index < -0.39 is 5.97 Å². The van der Waals surface area contributed by atoms with Crippen LogP contribution in [0.1, 0.15) is 33.1 Å². The highest BCUT2D eigenvalue weighted by molar-refractivity contribution is 5.71. The van der Waals surface area contributed by atoms with Crippen molar-refractivity contribution in [2.45, 2.75) is 33.1 Å². The Labute approximate surface area is 67.9 Å². The second-order valence-electron chi connectivity index (χ2n) is 2.57. The SMILES string of the molecule is CCC/C=C/C(CC)C(=O)O. The summed E-state index contributed by atoms with van der Waals surface area (Å²) in [4.78, 5) is 10.5. The molecule has 0 radical (unpaired) electrons. The lowest BCUT2D eigenvalue weighted by atomic mass is 10.1. The van der Waals surface area contributed by atoms with Crippen LogP contribution in [0.2, 0.25) is 0 Å². The molecule has 0 heterocycles. The van der Waals surface area contributed by atoms with Gasteiger partial charge in [0.25, 0.3) is 0 Å². The highest BCUT2D eigenvalue weighted by Crippen LogP contribution is 2.05. The van der Waals surface area contributed by atoms with Gasteiger partial charge in [0.1, 0.15) is 0 Å². The smallest absolute Gasteiger partial charge is 0.310 e. The third-order valence-corrected chi connectivity index (χ3v) is 1.58. The standard InChI is InChI=1S/C9H16O2/c1-3-5-6-7-8(4-2)9(10)11/h6-8H,3-5H2,1-2H3,(H,10,11)/b7-6+. The normalized spacial score (nSPS) is 13.6. The van der Waals surface area contributed by atoms with E-state index in [-0.39, 0.29) is 5.92 Å². The first kappa shape index (κ1) is 10.2. The molecule has 64 valence electrons. The Morgan fingerprint density at radius 1 is 1.55 bits per heavy atom. The maximum Gasteiger partial charge on any atom is 0.310 e. The van der Waals surface area contributed by atoms with Gasteiger partial charge in [-0.25, -0.2) is 0 Å². The third-order valence-electron chi connectivity index (χ3n) is 1.58. The lowest BCUT2D eigenvalue weighted by molar-refractivity contribution is -0.140. The van der Waals surface area contributed by atoms with Crippen LogP contribution in [-0.4, -0.2) is 11.1 Å². The summed E-state index contributed by atoms with van der Waals surface area (Å²) < 4.78 is 0. The lowest BCUT2D eigenvalue weighted by Crippen LogP contribution is -2.08. The molecule has 2 heteroatoms. The summed E-state index contributed by atoms with van der Waals surface area (Å²) in [7, 11) is 0. The fourth-order valence-electron chi connectivity index (χ4n) is 0.820. The van der Waals surface area contributed by atoms with Gasteiger partial charge in [-0.15, -0.1) is 0 Å². The molecular weight excluding hydrogens is 140 g/mol. The van der Waals surface area contributed by atoms with Crippen LogP contribution in [0.5, 0.6) is 0 Å². The summed E-state index contributed by atoms with van der Waals surface area (Å²) >= 11 is 0. The molecule has 0 aliphatic rings. The summed E-state index contributed by atoms with van der Waals surface area (Å²) in [5.41, 5.74) is 0. The average Bonchev–Trinajstić information content (AvgIpc) is 1.97. The van der Waals surface area contributed by atoms with Crippen molar-refractivity contribution >= 4 is 5.97 Å². The van der Waals surface area contributed by atoms with E-state index in [0.717, 1.165) is 12.8 Å². The van der Waals surface area contributed by atoms with Crippen molar-refractivity contribution in [1.29, 1.82) is 0 Å². The van der Waals surface area contributed by atoms with Gasteiger partial charge in [0.05, 0.1) is 5.92 Å². The molecule has 2 nitrogen and oxygen atoms in total. The highest BCUT2D eigenvalue weighted by atomic mass is 16.4. The van der Waals surface area contributed by atoms with Gasteiger partial charge in [0, 0.05) is 0 Å². The second kappa shape index (κ2) is 5.96. The quantitative estimate of drug-likeness (QED) is 0.621. The van der Waals surface area contributed by atoms with Crippen molar-refractivity contribution in [3.8, 4) is 0 Å². The van der Waals surface area contributed by atoms with E-state index in [2.05, 4.69) is 6.92 Å². The number of rotatable bonds is 5. The predicted octanol–water partition coefficient (Wildman–Crippen LogP) is 2.45. The fourth-order valence-corrected chi connectivity index (χ4v) is 0.820. The molecule has 0 amide bonds. The minimum atomic E-state index is -0.722. The van der Waals surface area contributed by atoms with Crippen molar-refractivity contribution in [3.63, 3.8) is 0 Å². The van der Waals surface area contributed by atoms with Crippen molar-refractivity contribution < 1.29 is 9.90 Å². The summed E-state index contributed by atoms with van der Waals surface area (Å²) in [5.74, 6) is -1.01. The molecular formula is C9H16O2. The van der Waals surface area contributed by atoms with E-state index in [1.54, 1.807) is 6.08 Å². The Morgan fingerprint density at radius 3 is 2.55 bits per heavy atom. The van der Waals surface area contributed by atoms with Crippen LogP contribution in [-0.2, 0) is 4.79 Å². The largest absolute Gasteiger partial charge is 0.481 e. The maximum atomic E-state index is 10.5. The van der Waals surface area contributed by atoms with Crippen molar-refractivity contribution in [2.75, 3.05) is 0 Å². The zero-order valence-corrected chi connectivity index (χ0v) is 7.21. The van der Waals surface area contributed by atoms with Crippen LogP contribution in [0.15, 0.2) is 12.2 Å². The average molecular weight is 156 g/mol. The van der Waals surface area contributed by atoms with Gasteiger partial charge < -0.3 is 5.11 Å². The first-order chi connectivity index (χ1) is 5.22. The third kappa shape index (κ3) is 4.59. The Kier molecular flexibility index (Phi) is 5.53. The molecule has 0 bridgehead atoms. The highest BCUT2D eigenvalue weighted by Gasteiger charge is 2.09. The van der Waals surface area contributed by atoms with Gasteiger partial charge in [0.2, 0.25) is 0 Å². The minimum absolute atomic E-state index is 0.290. The van der Waals surface area contributed by atoms with Crippen molar-refractivity contribution in [3.05, 3.63) is 12.2 Å². The van der Waals surface area contributed by atoms with Crippen LogP contribution >= 0.6 is 0 Å². The van der Waals surface area contributed by atoms with E-state index in [9.17, 15) is 4.79 Å². The summed E-state index contributed by atoms with van der Waals surface area (Å²) in [6.07, 6.45) is 6.46. The molecule has 0 saturated carbocycles. The van der Waals surface area contributed by atoms with Gasteiger partial charge in [-0.3, -0.25) is 4.79 Å². The van der Waals surface area contributed by atoms with E-state index >= 15 is 0 Å². The molecule has 0 spiro atoms. The van der Waals surface area contributed by atoms with Crippen molar-refractivity contribution in [2.24, 2.45) is 5.92 Å². The van der Waals surface area contributed by atoms with Crippen LogP contribution in [0.4, 0.5) is 0 Å². The number of carboxylic acid groups (broad SMARTS) is 1. The number of unbranched alkanes of at least 4 members (excludes halogenated alkanes) is 1. The summed E-state index contributed by atoms with van der Waals surface area (Å²) in [6.45, 7) is 3.96. The molecule has 0 fully saturated rings. The molecule has 0 aromatic heterocycles. The number of allylic oxidation sites excluding steroid dienone is 1. The Morgan fingerprint density at radius 2 is 2.18 bits per heavy atom.